The van der Waals surface area contributed by atoms with Gasteiger partial charge >= 0.3 is 5.97 Å². The van der Waals surface area contributed by atoms with Crippen molar-refractivity contribution in [2.75, 3.05) is 7.11 Å². The van der Waals surface area contributed by atoms with Gasteiger partial charge in [0.25, 0.3) is 5.91 Å². The van der Waals surface area contributed by atoms with Crippen LogP contribution in [0.2, 0.25) is 0 Å². The van der Waals surface area contributed by atoms with Crippen molar-refractivity contribution < 1.29 is 14.3 Å². The van der Waals surface area contributed by atoms with E-state index in [-0.39, 0.29) is 28.9 Å². The second-order valence-electron chi connectivity index (χ2n) is 5.72. The maximum atomic E-state index is 12.4. The number of nitrogens with zero attached hydrogens (tertiary/aromatic N) is 3. The van der Waals surface area contributed by atoms with Crippen LogP contribution in [0.15, 0.2) is 17.3 Å². The number of hydrogen-bond acceptors (Lipinski definition) is 5. The first-order chi connectivity index (χ1) is 10.2. The van der Waals surface area contributed by atoms with Gasteiger partial charge in [0.15, 0.2) is 5.84 Å². The second kappa shape index (κ2) is 5.68. The minimum absolute atomic E-state index is 0.0502. The summed E-state index contributed by atoms with van der Waals surface area (Å²) in [7, 11) is 1.28. The Balaban J connectivity index is 2.62. The van der Waals surface area contributed by atoms with E-state index in [1.165, 1.54) is 7.11 Å². The zero-order valence-electron chi connectivity index (χ0n) is 13.2. The van der Waals surface area contributed by atoms with E-state index in [4.69, 9.17) is 16.5 Å². The monoisotopic (exact) mass is 323 g/mol. The Morgan fingerprint density at radius 2 is 2.09 bits per heavy atom. The molecule has 1 aliphatic heterocycles. The molecule has 0 saturated heterocycles. The number of aromatic nitrogens is 1. The Bertz CT molecular complexity index is 672. The molecule has 118 valence electrons. The zero-order chi connectivity index (χ0) is 16.7. The molecule has 1 aromatic rings. The SMILES string of the molecule is COC(=O)c1cc(C)cnc1C1=NC(C)(C(C)C)C(=O)N1Cl. The van der Waals surface area contributed by atoms with Crippen LogP contribution in [0, 0.1) is 12.8 Å². The summed E-state index contributed by atoms with van der Waals surface area (Å²) in [5.41, 5.74) is 0.288. The number of pyridine rings is 1. The minimum atomic E-state index is -0.975. The predicted octanol–water partition coefficient (Wildman–Crippen LogP) is 2.33. The van der Waals surface area contributed by atoms with E-state index in [2.05, 4.69) is 9.98 Å². The smallest absolute Gasteiger partial charge is 0.340 e. The van der Waals surface area contributed by atoms with Crippen molar-refractivity contribution in [1.82, 2.24) is 9.40 Å². The number of ether oxygens (including phenoxy) is 1. The van der Waals surface area contributed by atoms with Crippen LogP contribution in [0.1, 0.15) is 42.4 Å². The van der Waals surface area contributed by atoms with E-state index in [0.29, 0.717) is 0 Å². The first-order valence-electron chi connectivity index (χ1n) is 6.88. The summed E-state index contributed by atoms with van der Waals surface area (Å²) in [6, 6.07) is 1.64. The summed E-state index contributed by atoms with van der Waals surface area (Å²) in [6.07, 6.45) is 1.59. The summed E-state index contributed by atoms with van der Waals surface area (Å²) in [6.45, 7) is 7.30. The van der Waals surface area contributed by atoms with Crippen molar-refractivity contribution in [3.8, 4) is 0 Å². The van der Waals surface area contributed by atoms with E-state index in [1.807, 2.05) is 20.8 Å². The average Bonchev–Trinajstić information content (AvgIpc) is 2.72. The number of hydrogen-bond donors (Lipinski definition) is 0. The molecule has 1 unspecified atom stereocenters. The molecule has 6 nitrogen and oxygen atoms in total. The zero-order valence-corrected chi connectivity index (χ0v) is 13.9. The quantitative estimate of drug-likeness (QED) is 0.632. The minimum Gasteiger partial charge on any atom is -0.465 e. The summed E-state index contributed by atoms with van der Waals surface area (Å²) in [4.78, 5) is 33.0. The van der Waals surface area contributed by atoms with Gasteiger partial charge in [-0.2, -0.15) is 4.42 Å². The number of methoxy groups -OCH3 is 1. The Hall–Kier alpha value is -1.95. The highest BCUT2D eigenvalue weighted by atomic mass is 35.5. The van der Waals surface area contributed by atoms with E-state index in [9.17, 15) is 9.59 Å². The topological polar surface area (TPSA) is 71.9 Å². The Labute approximate surface area is 134 Å². The lowest BCUT2D eigenvalue weighted by Crippen LogP contribution is -2.40. The number of esters is 1. The highest BCUT2D eigenvalue weighted by Gasteiger charge is 2.48. The molecular formula is C15H18ClN3O3. The molecule has 0 bridgehead atoms. The lowest BCUT2D eigenvalue weighted by atomic mass is 9.89. The molecule has 0 saturated carbocycles. The van der Waals surface area contributed by atoms with Gasteiger partial charge in [-0.1, -0.05) is 13.8 Å². The fourth-order valence-corrected chi connectivity index (χ4v) is 2.43. The lowest BCUT2D eigenvalue weighted by molar-refractivity contribution is -0.128. The molecule has 22 heavy (non-hydrogen) atoms. The molecule has 2 rings (SSSR count). The number of amides is 1. The van der Waals surface area contributed by atoms with Crippen molar-refractivity contribution in [2.24, 2.45) is 10.9 Å². The Kier molecular flexibility index (Phi) is 4.24. The number of carbonyl (C=O) groups is 2. The van der Waals surface area contributed by atoms with E-state index in [0.717, 1.165) is 9.98 Å². The molecule has 0 fully saturated rings. The van der Waals surface area contributed by atoms with Gasteiger partial charge in [-0.3, -0.25) is 9.78 Å². The fourth-order valence-electron chi connectivity index (χ4n) is 2.14. The van der Waals surface area contributed by atoms with E-state index in [1.54, 1.807) is 19.2 Å². The van der Waals surface area contributed by atoms with Crippen LogP contribution >= 0.6 is 11.8 Å². The number of aliphatic imine (C=N–C) groups is 1. The predicted molar refractivity (Wildman–Crippen MR) is 82.8 cm³/mol. The molecule has 2 heterocycles. The van der Waals surface area contributed by atoms with Gasteiger partial charge in [-0.15, -0.1) is 0 Å². The first-order valence-corrected chi connectivity index (χ1v) is 7.21. The number of amidine groups is 1. The van der Waals surface area contributed by atoms with Gasteiger partial charge in [0.2, 0.25) is 0 Å². The van der Waals surface area contributed by atoms with Gasteiger partial charge in [-0.05, 0) is 31.4 Å². The van der Waals surface area contributed by atoms with Gasteiger partial charge in [0, 0.05) is 18.0 Å². The third-order valence-corrected chi connectivity index (χ3v) is 4.21. The van der Waals surface area contributed by atoms with Gasteiger partial charge in [-0.25, -0.2) is 9.79 Å². The molecule has 0 N–H and O–H groups in total. The average molecular weight is 324 g/mol. The highest BCUT2D eigenvalue weighted by Crippen LogP contribution is 2.33. The summed E-state index contributed by atoms with van der Waals surface area (Å²) >= 11 is 6.11. The van der Waals surface area contributed by atoms with Crippen LogP contribution in [0.25, 0.3) is 0 Å². The van der Waals surface area contributed by atoms with Crippen molar-refractivity contribution in [3.63, 3.8) is 0 Å². The van der Waals surface area contributed by atoms with Crippen LogP contribution in [0.3, 0.4) is 0 Å². The van der Waals surface area contributed by atoms with Crippen LogP contribution in [-0.2, 0) is 9.53 Å². The fraction of sp³-hybridized carbons (Fsp3) is 0.467. The van der Waals surface area contributed by atoms with Crippen LogP contribution in [-0.4, -0.2) is 39.8 Å². The molecule has 1 aromatic heterocycles. The molecular weight excluding hydrogens is 306 g/mol. The van der Waals surface area contributed by atoms with E-state index < -0.39 is 11.5 Å². The molecule has 0 aliphatic carbocycles. The number of carbonyl (C=O) groups excluding carboxylic acids is 2. The Morgan fingerprint density at radius 1 is 1.45 bits per heavy atom. The van der Waals surface area contributed by atoms with Crippen molar-refractivity contribution in [3.05, 3.63) is 29.1 Å². The molecule has 7 heteroatoms. The maximum Gasteiger partial charge on any atom is 0.340 e. The normalized spacial score (nSPS) is 21.3. The summed E-state index contributed by atoms with van der Waals surface area (Å²) in [5, 5.41) is 0. The molecule has 1 aliphatic rings. The van der Waals surface area contributed by atoms with Crippen molar-refractivity contribution in [2.45, 2.75) is 33.2 Å². The molecule has 1 amide bonds. The van der Waals surface area contributed by atoms with Crippen LogP contribution in [0.5, 0.6) is 0 Å². The number of aryl methyl sites for hydroxylation is 1. The summed E-state index contributed by atoms with van der Waals surface area (Å²) in [5.74, 6) is -0.768. The summed E-state index contributed by atoms with van der Waals surface area (Å²) < 4.78 is 5.71. The Morgan fingerprint density at radius 3 is 2.59 bits per heavy atom. The maximum absolute atomic E-state index is 12.4. The molecule has 0 spiro atoms. The number of rotatable bonds is 3. The highest BCUT2D eigenvalue weighted by molar-refractivity contribution is 6.37. The van der Waals surface area contributed by atoms with Crippen LogP contribution < -0.4 is 0 Å². The largest absolute Gasteiger partial charge is 0.465 e. The van der Waals surface area contributed by atoms with Crippen molar-refractivity contribution in [1.29, 1.82) is 0 Å². The molecule has 0 aromatic carbocycles. The number of halogens is 1. The molecule has 0 radical (unpaired) electrons. The van der Waals surface area contributed by atoms with Gasteiger partial charge in [0.1, 0.15) is 11.2 Å². The lowest BCUT2D eigenvalue weighted by Gasteiger charge is -2.22. The van der Waals surface area contributed by atoms with Gasteiger partial charge < -0.3 is 4.74 Å². The van der Waals surface area contributed by atoms with E-state index >= 15 is 0 Å². The third-order valence-electron chi connectivity index (χ3n) is 3.90. The molecule has 1 atom stereocenters. The standard InChI is InChI=1S/C15H18ClN3O3/c1-8(2)15(4)14(21)19(16)12(18-15)11-10(13(20)22-5)6-9(3)7-17-11/h6-8H,1-5H3. The first kappa shape index (κ1) is 16.4. The second-order valence-corrected chi connectivity index (χ2v) is 6.06. The third kappa shape index (κ3) is 2.47. The van der Waals surface area contributed by atoms with Crippen LogP contribution in [0.4, 0.5) is 0 Å². The van der Waals surface area contributed by atoms with Crippen molar-refractivity contribution >= 4 is 29.5 Å². The van der Waals surface area contributed by atoms with Gasteiger partial charge in [0.05, 0.1) is 12.7 Å².